The molecule has 10 heteroatoms. The van der Waals surface area contributed by atoms with Crippen molar-refractivity contribution in [3.05, 3.63) is 64.7 Å². The molecule has 0 aromatic heterocycles. The fourth-order valence-electron chi connectivity index (χ4n) is 5.47. The molecule has 6 bridgehead atoms. The highest BCUT2D eigenvalue weighted by atomic mass is 19.3. The van der Waals surface area contributed by atoms with E-state index in [0.717, 1.165) is 11.1 Å². The van der Waals surface area contributed by atoms with Gasteiger partial charge in [0.15, 0.2) is 5.96 Å². The van der Waals surface area contributed by atoms with Crippen molar-refractivity contribution in [2.75, 3.05) is 0 Å². The fraction of sp³-hybridized carbons (Fsp3) is 0.452. The minimum Gasteiger partial charge on any atom is -0.487 e. The van der Waals surface area contributed by atoms with E-state index in [1.165, 1.54) is 17.0 Å². The Labute approximate surface area is 239 Å². The van der Waals surface area contributed by atoms with E-state index in [1.54, 1.807) is 13.0 Å². The Bertz CT molecular complexity index is 1360. The number of alkyl halides is 2. The SMILES string of the molecule is CC.C[C@@H]1c2cc(OC(F)F)cc(c2)C(=O)NC2CC(C)(C)Oc3ccc(cc32)/C=C\CCC2CC(=O)N1C(N)=N2. The van der Waals surface area contributed by atoms with E-state index in [0.29, 0.717) is 30.6 Å². The second-order valence-corrected chi connectivity index (χ2v) is 10.8. The Hall–Kier alpha value is -3.95. The molecule has 6 rings (SSSR count). The molecular formula is C31H38F2N4O4. The third kappa shape index (κ3) is 6.86. The van der Waals surface area contributed by atoms with Gasteiger partial charge in [0.1, 0.15) is 17.1 Å². The molecule has 0 saturated heterocycles. The van der Waals surface area contributed by atoms with E-state index >= 15 is 0 Å². The van der Waals surface area contributed by atoms with Crippen LogP contribution in [0.4, 0.5) is 8.78 Å². The molecule has 0 fully saturated rings. The van der Waals surface area contributed by atoms with E-state index < -0.39 is 24.2 Å². The number of nitrogens with two attached hydrogens (primary N) is 1. The number of carbonyl (C=O) groups excluding carboxylic acids is 2. The third-order valence-electron chi connectivity index (χ3n) is 7.30. The predicted molar refractivity (Wildman–Crippen MR) is 154 cm³/mol. The summed E-state index contributed by atoms with van der Waals surface area (Å²) in [6, 6.07) is 8.74. The van der Waals surface area contributed by atoms with E-state index in [4.69, 9.17) is 10.5 Å². The summed E-state index contributed by atoms with van der Waals surface area (Å²) in [4.78, 5) is 32.6. The number of nitrogens with zero attached hydrogens (tertiary/aromatic N) is 2. The zero-order chi connectivity index (χ0) is 29.9. The van der Waals surface area contributed by atoms with Gasteiger partial charge in [-0.3, -0.25) is 14.5 Å². The molecule has 2 unspecified atom stereocenters. The van der Waals surface area contributed by atoms with E-state index in [-0.39, 0.29) is 41.7 Å². The van der Waals surface area contributed by atoms with Gasteiger partial charge in [-0.05, 0) is 75.1 Å². The van der Waals surface area contributed by atoms with Crippen molar-refractivity contribution >= 4 is 23.8 Å². The molecule has 3 atom stereocenters. The lowest BCUT2D eigenvalue weighted by molar-refractivity contribution is -0.130. The summed E-state index contributed by atoms with van der Waals surface area (Å²) in [7, 11) is 0. The summed E-state index contributed by atoms with van der Waals surface area (Å²) in [6.45, 7) is 6.52. The molecule has 4 aliphatic heterocycles. The van der Waals surface area contributed by atoms with Gasteiger partial charge in [-0.15, -0.1) is 0 Å². The number of benzene rings is 2. The summed E-state index contributed by atoms with van der Waals surface area (Å²) in [5.41, 5.74) is 8.00. The summed E-state index contributed by atoms with van der Waals surface area (Å²) in [5.74, 6) is -0.135. The first-order valence-electron chi connectivity index (χ1n) is 14.0. The molecule has 0 aliphatic carbocycles. The number of halogens is 2. The standard InChI is InChI=1S/C29H32F2N4O4.C2H6/c1-16-18-11-19(13-21(12-18)38-27(30)31)26(37)34-23-15-29(2,3)39-24-9-8-17(10-22(23)24)6-4-5-7-20-14-25(36)35(16)28(32)33-20;1-2/h4,6,8-13,16,20,23,27H,5,7,14-15H2,1-3H3,(H2,32,33)(H,34,37);1-2H3/b6-4-;/t16-,20?,23?;/m1./s1. The molecule has 3 N–H and O–H groups in total. The summed E-state index contributed by atoms with van der Waals surface area (Å²) in [6.07, 6.45) is 6.05. The van der Waals surface area contributed by atoms with Crippen molar-refractivity contribution in [1.82, 2.24) is 10.2 Å². The van der Waals surface area contributed by atoms with Gasteiger partial charge in [-0.25, -0.2) is 4.99 Å². The zero-order valence-electron chi connectivity index (χ0n) is 24.1. The van der Waals surface area contributed by atoms with Crippen LogP contribution < -0.4 is 20.5 Å². The van der Waals surface area contributed by atoms with Crippen LogP contribution in [-0.4, -0.2) is 40.9 Å². The van der Waals surface area contributed by atoms with Crippen molar-refractivity contribution in [2.24, 2.45) is 10.7 Å². The minimum absolute atomic E-state index is 0.0599. The molecule has 4 aliphatic rings. The number of amides is 2. The van der Waals surface area contributed by atoms with Crippen molar-refractivity contribution in [2.45, 2.75) is 90.6 Å². The van der Waals surface area contributed by atoms with Gasteiger partial charge >= 0.3 is 6.61 Å². The van der Waals surface area contributed by atoms with E-state index in [9.17, 15) is 18.4 Å². The quantitative estimate of drug-likeness (QED) is 0.453. The molecule has 2 aromatic carbocycles. The normalized spacial score (nSPS) is 24.1. The zero-order valence-corrected chi connectivity index (χ0v) is 24.1. The van der Waals surface area contributed by atoms with Crippen LogP contribution in [0.3, 0.4) is 0 Å². The highest BCUT2D eigenvalue weighted by Crippen LogP contribution is 2.40. The van der Waals surface area contributed by atoms with Crippen LogP contribution in [0.5, 0.6) is 11.5 Å². The van der Waals surface area contributed by atoms with Crippen LogP contribution in [0, 0.1) is 0 Å². The summed E-state index contributed by atoms with van der Waals surface area (Å²) < 4.78 is 37.3. The lowest BCUT2D eigenvalue weighted by Gasteiger charge is -2.38. The molecular weight excluding hydrogens is 530 g/mol. The highest BCUT2D eigenvalue weighted by Gasteiger charge is 2.36. The van der Waals surface area contributed by atoms with Crippen LogP contribution in [0.25, 0.3) is 6.08 Å². The smallest absolute Gasteiger partial charge is 0.387 e. The summed E-state index contributed by atoms with van der Waals surface area (Å²) in [5, 5.41) is 3.07. The first-order chi connectivity index (χ1) is 19.5. The Morgan fingerprint density at radius 1 is 1.17 bits per heavy atom. The number of fused-ring (bicyclic) bond motifs is 4. The van der Waals surface area contributed by atoms with Crippen molar-refractivity contribution in [3.8, 4) is 11.5 Å². The molecule has 2 amide bonds. The van der Waals surface area contributed by atoms with Crippen molar-refractivity contribution in [1.29, 1.82) is 0 Å². The minimum atomic E-state index is -3.09. The predicted octanol–water partition coefficient (Wildman–Crippen LogP) is 6.13. The van der Waals surface area contributed by atoms with Crippen LogP contribution in [-0.2, 0) is 4.79 Å². The molecule has 41 heavy (non-hydrogen) atoms. The lowest BCUT2D eigenvalue weighted by atomic mass is 9.88. The Morgan fingerprint density at radius 2 is 1.93 bits per heavy atom. The van der Waals surface area contributed by atoms with Gasteiger partial charge in [0, 0.05) is 24.0 Å². The average molecular weight is 569 g/mol. The maximum atomic E-state index is 13.6. The highest BCUT2D eigenvalue weighted by molar-refractivity contribution is 5.99. The maximum absolute atomic E-state index is 13.6. The number of carbonyl (C=O) groups is 2. The molecule has 0 radical (unpaired) electrons. The van der Waals surface area contributed by atoms with Gasteiger partial charge < -0.3 is 20.5 Å². The molecule has 4 heterocycles. The van der Waals surface area contributed by atoms with E-state index in [1.807, 2.05) is 58.0 Å². The number of ether oxygens (including phenoxy) is 2. The maximum Gasteiger partial charge on any atom is 0.387 e. The van der Waals surface area contributed by atoms with Crippen LogP contribution >= 0.6 is 0 Å². The number of hydrogen-bond donors (Lipinski definition) is 2. The van der Waals surface area contributed by atoms with Gasteiger partial charge in [0.05, 0.1) is 18.1 Å². The van der Waals surface area contributed by atoms with Gasteiger partial charge in [-0.1, -0.05) is 32.1 Å². The number of rotatable bonds is 2. The van der Waals surface area contributed by atoms with Gasteiger partial charge in [-0.2, -0.15) is 8.78 Å². The first kappa shape index (κ1) is 30.0. The molecule has 0 spiro atoms. The van der Waals surface area contributed by atoms with Crippen molar-refractivity contribution < 1.29 is 27.8 Å². The Kier molecular flexibility index (Phi) is 8.99. The Balaban J connectivity index is 0.00000189. The van der Waals surface area contributed by atoms with Crippen LogP contribution in [0.2, 0.25) is 0 Å². The molecule has 8 nitrogen and oxygen atoms in total. The number of nitrogens with one attached hydrogen (secondary N) is 1. The average Bonchev–Trinajstić information content (AvgIpc) is 2.90. The lowest BCUT2D eigenvalue weighted by Crippen LogP contribution is -2.48. The molecule has 220 valence electrons. The van der Waals surface area contributed by atoms with Gasteiger partial charge in [0.2, 0.25) is 5.91 Å². The number of aliphatic imine (C=N–C) groups is 1. The molecule has 2 aromatic rings. The number of hydrogen-bond acceptors (Lipinski definition) is 6. The van der Waals surface area contributed by atoms with Crippen LogP contribution in [0.1, 0.15) is 99.4 Å². The molecule has 0 saturated carbocycles. The fourth-order valence-corrected chi connectivity index (χ4v) is 5.47. The summed E-state index contributed by atoms with van der Waals surface area (Å²) >= 11 is 0. The van der Waals surface area contributed by atoms with Crippen molar-refractivity contribution in [3.63, 3.8) is 0 Å². The number of allylic oxidation sites excluding steroid dienone is 1. The monoisotopic (exact) mass is 568 g/mol. The van der Waals surface area contributed by atoms with Crippen LogP contribution in [0.15, 0.2) is 47.5 Å². The second kappa shape index (κ2) is 12.3. The second-order valence-electron chi connectivity index (χ2n) is 10.8. The van der Waals surface area contributed by atoms with E-state index in [2.05, 4.69) is 15.0 Å². The Morgan fingerprint density at radius 3 is 2.63 bits per heavy atom. The topological polar surface area (TPSA) is 106 Å². The van der Waals surface area contributed by atoms with Gasteiger partial charge in [0.25, 0.3) is 5.91 Å². The number of guanidine groups is 1. The first-order valence-corrected chi connectivity index (χ1v) is 14.0. The third-order valence-corrected chi connectivity index (χ3v) is 7.30. The largest absolute Gasteiger partial charge is 0.487 e.